The van der Waals surface area contributed by atoms with E-state index >= 15 is 0 Å². The van der Waals surface area contributed by atoms with Gasteiger partial charge in [-0.2, -0.15) is 4.98 Å². The Kier molecular flexibility index (Phi) is 3.76. The van der Waals surface area contributed by atoms with E-state index in [0.717, 1.165) is 37.9 Å². The Hall–Kier alpha value is -1.75. The van der Waals surface area contributed by atoms with Gasteiger partial charge in [0.15, 0.2) is 0 Å². The molecule has 0 aliphatic carbocycles. The molecule has 4 nitrogen and oxygen atoms in total. The van der Waals surface area contributed by atoms with Crippen LogP contribution in [0.4, 0.5) is 4.39 Å². The zero-order chi connectivity index (χ0) is 14.9. The SMILES string of the molecule is CCC1(c2nc(-c3ccc(F)c(C)c3)no2)CCNCC1. The molecular weight excluding hydrogens is 269 g/mol. The van der Waals surface area contributed by atoms with Crippen LogP contribution in [0.25, 0.3) is 11.4 Å². The highest BCUT2D eigenvalue weighted by Gasteiger charge is 2.37. The summed E-state index contributed by atoms with van der Waals surface area (Å²) in [5, 5.41) is 7.46. The van der Waals surface area contributed by atoms with E-state index in [2.05, 4.69) is 22.4 Å². The van der Waals surface area contributed by atoms with E-state index in [0.29, 0.717) is 17.3 Å². The molecule has 0 saturated carbocycles. The first-order valence-corrected chi connectivity index (χ1v) is 7.46. The molecule has 2 heterocycles. The molecule has 112 valence electrons. The molecule has 5 heteroatoms. The number of piperidine rings is 1. The van der Waals surface area contributed by atoms with Crippen molar-refractivity contribution in [2.24, 2.45) is 0 Å². The van der Waals surface area contributed by atoms with Crippen molar-refractivity contribution < 1.29 is 8.91 Å². The maximum atomic E-state index is 13.4. The lowest BCUT2D eigenvalue weighted by Gasteiger charge is -2.33. The van der Waals surface area contributed by atoms with Crippen LogP contribution in [0.15, 0.2) is 22.7 Å². The summed E-state index contributed by atoms with van der Waals surface area (Å²) in [6, 6.07) is 4.89. The van der Waals surface area contributed by atoms with E-state index < -0.39 is 0 Å². The van der Waals surface area contributed by atoms with Crippen molar-refractivity contribution in [2.45, 2.75) is 38.5 Å². The van der Waals surface area contributed by atoms with Crippen LogP contribution >= 0.6 is 0 Å². The van der Waals surface area contributed by atoms with Gasteiger partial charge >= 0.3 is 0 Å². The average Bonchev–Trinajstić information content (AvgIpc) is 3.01. The molecule has 0 amide bonds. The molecule has 0 radical (unpaired) electrons. The van der Waals surface area contributed by atoms with Crippen LogP contribution < -0.4 is 5.32 Å². The Balaban J connectivity index is 1.93. The van der Waals surface area contributed by atoms with Crippen molar-refractivity contribution in [1.29, 1.82) is 0 Å². The van der Waals surface area contributed by atoms with E-state index in [1.54, 1.807) is 19.1 Å². The summed E-state index contributed by atoms with van der Waals surface area (Å²) in [6.07, 6.45) is 3.00. The number of hydrogen-bond acceptors (Lipinski definition) is 4. The predicted octanol–water partition coefficient (Wildman–Crippen LogP) is 3.22. The lowest BCUT2D eigenvalue weighted by atomic mass is 9.76. The van der Waals surface area contributed by atoms with E-state index in [9.17, 15) is 4.39 Å². The number of aromatic nitrogens is 2. The second-order valence-electron chi connectivity index (χ2n) is 5.77. The Bertz CT molecular complexity index is 632. The summed E-state index contributed by atoms with van der Waals surface area (Å²) in [5.41, 5.74) is 1.36. The van der Waals surface area contributed by atoms with Crippen LogP contribution in [0.2, 0.25) is 0 Å². The van der Waals surface area contributed by atoms with Gasteiger partial charge in [0.05, 0.1) is 5.41 Å². The molecular formula is C16H20FN3O. The molecule has 1 aliphatic heterocycles. The van der Waals surface area contributed by atoms with E-state index in [1.165, 1.54) is 6.07 Å². The fourth-order valence-electron chi connectivity index (χ4n) is 2.96. The summed E-state index contributed by atoms with van der Waals surface area (Å²) >= 11 is 0. The molecule has 1 aliphatic rings. The molecule has 0 bridgehead atoms. The van der Waals surface area contributed by atoms with Crippen molar-refractivity contribution in [3.63, 3.8) is 0 Å². The molecule has 0 spiro atoms. The minimum absolute atomic E-state index is 0.0222. The van der Waals surface area contributed by atoms with Crippen LogP contribution in [0.3, 0.4) is 0 Å². The Labute approximate surface area is 123 Å². The first-order chi connectivity index (χ1) is 10.1. The third kappa shape index (κ3) is 2.58. The number of nitrogens with zero attached hydrogens (tertiary/aromatic N) is 2. The summed E-state index contributed by atoms with van der Waals surface area (Å²) in [6.45, 7) is 5.85. The zero-order valence-corrected chi connectivity index (χ0v) is 12.4. The second-order valence-corrected chi connectivity index (χ2v) is 5.77. The second kappa shape index (κ2) is 5.56. The van der Waals surface area contributed by atoms with Crippen molar-refractivity contribution in [3.05, 3.63) is 35.5 Å². The maximum absolute atomic E-state index is 13.4. The molecule has 1 N–H and O–H groups in total. The van der Waals surface area contributed by atoms with Crippen molar-refractivity contribution in [2.75, 3.05) is 13.1 Å². The zero-order valence-electron chi connectivity index (χ0n) is 12.4. The van der Waals surface area contributed by atoms with Crippen molar-refractivity contribution in [1.82, 2.24) is 15.5 Å². The quantitative estimate of drug-likeness (QED) is 0.942. The molecule has 1 fully saturated rings. The minimum atomic E-state index is -0.217. The number of benzene rings is 1. The standard InChI is InChI=1S/C16H20FN3O/c1-3-16(6-8-18-9-7-16)15-19-14(20-21-15)12-4-5-13(17)11(2)10-12/h4-5,10,18H,3,6-9H2,1-2H3. The smallest absolute Gasteiger partial charge is 0.233 e. The van der Waals surface area contributed by atoms with Gasteiger partial charge in [-0.05, 0) is 63.0 Å². The van der Waals surface area contributed by atoms with Gasteiger partial charge in [-0.3, -0.25) is 0 Å². The topological polar surface area (TPSA) is 51.0 Å². The first-order valence-electron chi connectivity index (χ1n) is 7.46. The Morgan fingerprint density at radius 2 is 2.10 bits per heavy atom. The molecule has 21 heavy (non-hydrogen) atoms. The van der Waals surface area contributed by atoms with Gasteiger partial charge in [-0.25, -0.2) is 4.39 Å². The summed E-state index contributed by atoms with van der Waals surface area (Å²) < 4.78 is 18.9. The van der Waals surface area contributed by atoms with Gasteiger partial charge in [0.1, 0.15) is 5.82 Å². The van der Waals surface area contributed by atoms with Crippen LogP contribution in [0.1, 0.15) is 37.6 Å². The van der Waals surface area contributed by atoms with E-state index in [-0.39, 0.29) is 11.2 Å². The molecule has 3 rings (SSSR count). The number of nitrogens with one attached hydrogen (secondary N) is 1. The normalized spacial score (nSPS) is 17.9. The summed E-state index contributed by atoms with van der Waals surface area (Å²) in [5.74, 6) is 1.04. The molecule has 1 aromatic heterocycles. The highest BCUT2D eigenvalue weighted by Crippen LogP contribution is 2.36. The average molecular weight is 289 g/mol. The lowest BCUT2D eigenvalue weighted by Crippen LogP contribution is -2.39. The number of hydrogen-bond donors (Lipinski definition) is 1. The van der Waals surface area contributed by atoms with E-state index in [1.807, 2.05) is 0 Å². The van der Waals surface area contributed by atoms with Gasteiger partial charge in [-0.1, -0.05) is 12.1 Å². The fraction of sp³-hybridized carbons (Fsp3) is 0.500. The summed E-state index contributed by atoms with van der Waals surface area (Å²) in [7, 11) is 0. The molecule has 1 aromatic carbocycles. The molecule has 1 saturated heterocycles. The van der Waals surface area contributed by atoms with Crippen molar-refractivity contribution >= 4 is 0 Å². The van der Waals surface area contributed by atoms with Crippen LogP contribution in [-0.2, 0) is 5.41 Å². The van der Waals surface area contributed by atoms with Crippen LogP contribution in [0, 0.1) is 12.7 Å². The largest absolute Gasteiger partial charge is 0.338 e. The maximum Gasteiger partial charge on any atom is 0.233 e. The first kappa shape index (κ1) is 14.2. The molecule has 0 atom stereocenters. The highest BCUT2D eigenvalue weighted by molar-refractivity contribution is 5.55. The predicted molar refractivity (Wildman–Crippen MR) is 78.5 cm³/mol. The Morgan fingerprint density at radius 3 is 2.76 bits per heavy atom. The third-order valence-electron chi connectivity index (χ3n) is 4.53. The number of halogens is 1. The van der Waals surface area contributed by atoms with Crippen LogP contribution in [0.5, 0.6) is 0 Å². The van der Waals surface area contributed by atoms with Gasteiger partial charge in [0.2, 0.25) is 11.7 Å². The Morgan fingerprint density at radius 1 is 1.33 bits per heavy atom. The molecule has 2 aromatic rings. The fourth-order valence-corrected chi connectivity index (χ4v) is 2.96. The van der Waals surface area contributed by atoms with Gasteiger partial charge < -0.3 is 9.84 Å². The monoisotopic (exact) mass is 289 g/mol. The highest BCUT2D eigenvalue weighted by atomic mass is 19.1. The van der Waals surface area contributed by atoms with Gasteiger partial charge in [-0.15, -0.1) is 0 Å². The number of aryl methyl sites for hydroxylation is 1. The molecule has 0 unspecified atom stereocenters. The van der Waals surface area contributed by atoms with Gasteiger partial charge in [0.25, 0.3) is 0 Å². The lowest BCUT2D eigenvalue weighted by molar-refractivity contribution is 0.216. The summed E-state index contributed by atoms with van der Waals surface area (Å²) in [4.78, 5) is 4.59. The van der Waals surface area contributed by atoms with Crippen molar-refractivity contribution in [3.8, 4) is 11.4 Å². The van der Waals surface area contributed by atoms with Gasteiger partial charge in [0, 0.05) is 5.56 Å². The van der Waals surface area contributed by atoms with E-state index in [4.69, 9.17) is 4.52 Å². The third-order valence-corrected chi connectivity index (χ3v) is 4.53. The minimum Gasteiger partial charge on any atom is -0.338 e. The number of rotatable bonds is 3. The van der Waals surface area contributed by atoms with Crippen LogP contribution in [-0.4, -0.2) is 23.2 Å².